The van der Waals surface area contributed by atoms with E-state index in [1.54, 1.807) is 0 Å². The van der Waals surface area contributed by atoms with Gasteiger partial charge < -0.3 is 5.73 Å². The van der Waals surface area contributed by atoms with Crippen LogP contribution in [-0.4, -0.2) is 15.5 Å². The third-order valence-electron chi connectivity index (χ3n) is 4.12. The Labute approximate surface area is 128 Å². The van der Waals surface area contributed by atoms with Gasteiger partial charge in [-0.15, -0.1) is 11.8 Å². The molecule has 0 saturated carbocycles. The molecular formula is C17H17N3S. The van der Waals surface area contributed by atoms with Crippen LogP contribution in [0.2, 0.25) is 0 Å². The zero-order chi connectivity index (χ0) is 14.2. The van der Waals surface area contributed by atoms with Gasteiger partial charge in [0.25, 0.3) is 0 Å². The highest BCUT2D eigenvalue weighted by Crippen LogP contribution is 2.40. The Morgan fingerprint density at radius 2 is 1.95 bits per heavy atom. The van der Waals surface area contributed by atoms with E-state index in [0.29, 0.717) is 12.5 Å². The highest BCUT2D eigenvalue weighted by Gasteiger charge is 2.24. The van der Waals surface area contributed by atoms with Gasteiger partial charge in [-0.2, -0.15) is 5.10 Å². The van der Waals surface area contributed by atoms with Crippen LogP contribution < -0.4 is 5.73 Å². The zero-order valence-corrected chi connectivity index (χ0v) is 12.5. The van der Waals surface area contributed by atoms with Crippen molar-refractivity contribution < 1.29 is 0 Å². The number of aromatic nitrogens is 2. The lowest BCUT2D eigenvalue weighted by Gasteiger charge is -2.11. The molecule has 1 atom stereocenters. The molecule has 4 rings (SSSR count). The van der Waals surface area contributed by atoms with Crippen molar-refractivity contribution >= 4 is 22.7 Å². The number of fused-ring (bicyclic) bond motifs is 2. The van der Waals surface area contributed by atoms with Gasteiger partial charge in [0.2, 0.25) is 0 Å². The largest absolute Gasteiger partial charge is 0.325 e. The summed E-state index contributed by atoms with van der Waals surface area (Å²) < 4.78 is 2.13. The third-order valence-corrected chi connectivity index (χ3v) is 5.37. The highest BCUT2D eigenvalue weighted by atomic mass is 32.2. The molecule has 21 heavy (non-hydrogen) atoms. The first kappa shape index (κ1) is 12.9. The molecule has 1 unspecified atom stereocenters. The van der Waals surface area contributed by atoms with E-state index in [9.17, 15) is 0 Å². The van der Waals surface area contributed by atoms with E-state index in [2.05, 4.69) is 47.1 Å². The Morgan fingerprint density at radius 3 is 2.86 bits per heavy atom. The molecule has 0 radical (unpaired) electrons. The van der Waals surface area contributed by atoms with Gasteiger partial charge >= 0.3 is 0 Å². The number of hydrogen-bond donors (Lipinski definition) is 1. The van der Waals surface area contributed by atoms with E-state index in [4.69, 9.17) is 10.8 Å². The minimum absolute atomic E-state index is 0.490. The van der Waals surface area contributed by atoms with E-state index >= 15 is 0 Å². The van der Waals surface area contributed by atoms with Crippen molar-refractivity contribution in [3.63, 3.8) is 0 Å². The predicted octanol–water partition coefficient (Wildman–Crippen LogP) is 3.38. The minimum Gasteiger partial charge on any atom is -0.325 e. The molecule has 1 aliphatic rings. The number of thioether (sulfide) groups is 1. The van der Waals surface area contributed by atoms with Gasteiger partial charge in [0.05, 0.1) is 11.2 Å². The molecule has 0 aliphatic carbocycles. The van der Waals surface area contributed by atoms with Gasteiger partial charge in [-0.05, 0) is 17.7 Å². The van der Waals surface area contributed by atoms with Crippen molar-refractivity contribution in [3.05, 3.63) is 59.8 Å². The van der Waals surface area contributed by atoms with E-state index in [-0.39, 0.29) is 0 Å². The molecule has 0 amide bonds. The molecule has 3 aromatic rings. The van der Waals surface area contributed by atoms with Crippen molar-refractivity contribution in [2.24, 2.45) is 5.73 Å². The van der Waals surface area contributed by atoms with Gasteiger partial charge in [0.1, 0.15) is 0 Å². The molecule has 2 aromatic carbocycles. The summed E-state index contributed by atoms with van der Waals surface area (Å²) in [6.45, 7) is 1.41. The lowest BCUT2D eigenvalue weighted by atomic mass is 10.0. The van der Waals surface area contributed by atoms with Crippen LogP contribution >= 0.6 is 11.8 Å². The monoisotopic (exact) mass is 295 g/mol. The van der Waals surface area contributed by atoms with Crippen molar-refractivity contribution in [1.29, 1.82) is 0 Å². The van der Waals surface area contributed by atoms with Crippen molar-refractivity contribution in [1.82, 2.24) is 9.78 Å². The molecule has 106 valence electrons. The summed E-state index contributed by atoms with van der Waals surface area (Å²) in [7, 11) is 0. The number of benzene rings is 2. The molecule has 1 aliphatic heterocycles. The van der Waals surface area contributed by atoms with Gasteiger partial charge in [-0.25, -0.2) is 0 Å². The van der Waals surface area contributed by atoms with Crippen molar-refractivity contribution in [3.8, 4) is 0 Å². The maximum atomic E-state index is 5.83. The summed E-state index contributed by atoms with van der Waals surface area (Å²) in [5.74, 6) is 1.66. The molecule has 0 spiro atoms. The summed E-state index contributed by atoms with van der Waals surface area (Å²) in [4.78, 5) is 1.41. The standard InChI is InChI=1S/C17H17N3S/c18-9-15-14-6-1-3-7-16(14)20(19-15)10-12-11-21-17-8-4-2-5-13(12)17/h1-8,12H,9-11,18H2. The number of hydrogen-bond acceptors (Lipinski definition) is 3. The zero-order valence-electron chi connectivity index (χ0n) is 11.7. The first-order valence-electron chi connectivity index (χ1n) is 7.23. The summed E-state index contributed by atoms with van der Waals surface area (Å²) in [5.41, 5.74) is 9.47. The highest BCUT2D eigenvalue weighted by molar-refractivity contribution is 7.99. The Morgan fingerprint density at radius 1 is 1.14 bits per heavy atom. The van der Waals surface area contributed by atoms with Crippen LogP contribution in [-0.2, 0) is 13.1 Å². The third kappa shape index (κ3) is 2.15. The average molecular weight is 295 g/mol. The van der Waals surface area contributed by atoms with Crippen LogP contribution in [0, 0.1) is 0 Å². The van der Waals surface area contributed by atoms with Gasteiger partial charge in [0.15, 0.2) is 0 Å². The second-order valence-electron chi connectivity index (χ2n) is 5.40. The predicted molar refractivity (Wildman–Crippen MR) is 87.5 cm³/mol. The lowest BCUT2D eigenvalue weighted by molar-refractivity contribution is 0.559. The van der Waals surface area contributed by atoms with Crippen LogP contribution in [0.15, 0.2) is 53.4 Å². The second-order valence-corrected chi connectivity index (χ2v) is 6.46. The fraction of sp³-hybridized carbons (Fsp3) is 0.235. The fourth-order valence-corrected chi connectivity index (χ4v) is 4.32. The quantitative estimate of drug-likeness (QED) is 0.805. The molecular weight excluding hydrogens is 278 g/mol. The number of nitrogens with two attached hydrogens (primary N) is 1. The maximum Gasteiger partial charge on any atom is 0.0838 e. The number of nitrogens with zero attached hydrogens (tertiary/aromatic N) is 2. The SMILES string of the molecule is NCc1nn(CC2CSc3ccccc32)c2ccccc12. The van der Waals surface area contributed by atoms with Crippen molar-refractivity contribution in [2.75, 3.05) is 5.75 Å². The van der Waals surface area contributed by atoms with Gasteiger partial charge in [0, 0.05) is 35.0 Å². The Hall–Kier alpha value is -1.78. The minimum atomic E-state index is 0.490. The number of para-hydroxylation sites is 1. The molecule has 3 nitrogen and oxygen atoms in total. The Kier molecular flexibility index (Phi) is 3.20. The molecule has 0 fully saturated rings. The van der Waals surface area contributed by atoms with Crippen LogP contribution in [0.5, 0.6) is 0 Å². The lowest BCUT2D eigenvalue weighted by Crippen LogP contribution is -2.10. The number of rotatable bonds is 3. The normalized spacial score (nSPS) is 17.3. The van der Waals surface area contributed by atoms with E-state index in [1.165, 1.54) is 21.4 Å². The molecule has 4 heteroatoms. The van der Waals surface area contributed by atoms with Crippen LogP contribution in [0.3, 0.4) is 0 Å². The smallest absolute Gasteiger partial charge is 0.0838 e. The van der Waals surface area contributed by atoms with Crippen LogP contribution in [0.1, 0.15) is 17.2 Å². The van der Waals surface area contributed by atoms with E-state index < -0.39 is 0 Å². The first-order valence-corrected chi connectivity index (χ1v) is 8.21. The average Bonchev–Trinajstić information content (AvgIpc) is 3.10. The summed E-state index contributed by atoms with van der Waals surface area (Å²) >= 11 is 1.95. The Bertz CT molecular complexity index is 794. The molecule has 2 heterocycles. The topological polar surface area (TPSA) is 43.8 Å². The molecule has 0 bridgehead atoms. The molecule has 2 N–H and O–H groups in total. The van der Waals surface area contributed by atoms with Crippen LogP contribution in [0.25, 0.3) is 10.9 Å². The summed E-state index contributed by atoms with van der Waals surface area (Å²) in [6, 6.07) is 17.1. The van der Waals surface area contributed by atoms with Crippen LogP contribution in [0.4, 0.5) is 0 Å². The molecule has 1 aromatic heterocycles. The fourth-order valence-electron chi connectivity index (χ4n) is 3.08. The van der Waals surface area contributed by atoms with E-state index in [0.717, 1.165) is 18.0 Å². The van der Waals surface area contributed by atoms with Gasteiger partial charge in [-0.3, -0.25) is 4.68 Å². The van der Waals surface area contributed by atoms with E-state index in [1.807, 2.05) is 17.8 Å². The summed E-state index contributed by atoms with van der Waals surface area (Å²) in [5, 5.41) is 5.91. The Balaban J connectivity index is 1.73. The van der Waals surface area contributed by atoms with Gasteiger partial charge in [-0.1, -0.05) is 36.4 Å². The maximum absolute atomic E-state index is 5.83. The first-order chi connectivity index (χ1) is 10.4. The second kappa shape index (κ2) is 5.20. The van der Waals surface area contributed by atoms with Crippen molar-refractivity contribution in [2.45, 2.75) is 23.9 Å². The molecule has 0 saturated heterocycles. The summed E-state index contributed by atoms with van der Waals surface area (Å²) in [6.07, 6.45) is 0.